The van der Waals surface area contributed by atoms with Gasteiger partial charge in [-0.3, -0.25) is 4.90 Å². The Balaban J connectivity index is 1.27. The van der Waals surface area contributed by atoms with Gasteiger partial charge in [-0.15, -0.1) is 0 Å². The van der Waals surface area contributed by atoms with E-state index < -0.39 is 0 Å². The summed E-state index contributed by atoms with van der Waals surface area (Å²) in [5, 5.41) is 3.74. The Hall–Kier alpha value is -0.0800. The van der Waals surface area contributed by atoms with Gasteiger partial charge in [-0.2, -0.15) is 0 Å². The highest BCUT2D eigenvalue weighted by molar-refractivity contribution is 4.91. The van der Waals surface area contributed by atoms with E-state index >= 15 is 0 Å². The van der Waals surface area contributed by atoms with Gasteiger partial charge in [0.1, 0.15) is 0 Å². The summed E-state index contributed by atoms with van der Waals surface area (Å²) in [6.07, 6.45) is 10.2. The predicted molar refractivity (Wildman–Crippen MR) is 63.0 cm³/mol. The van der Waals surface area contributed by atoms with Gasteiger partial charge in [0.2, 0.25) is 0 Å². The van der Waals surface area contributed by atoms with E-state index in [9.17, 15) is 0 Å². The molecule has 0 spiro atoms. The molecule has 0 aromatic carbocycles. The van der Waals surface area contributed by atoms with Crippen LogP contribution >= 0.6 is 0 Å². The van der Waals surface area contributed by atoms with E-state index in [0.29, 0.717) is 0 Å². The third-order valence-electron chi connectivity index (χ3n) is 4.20. The van der Waals surface area contributed by atoms with Gasteiger partial charge in [0.25, 0.3) is 0 Å². The van der Waals surface area contributed by atoms with Gasteiger partial charge in [-0.05, 0) is 44.6 Å². The van der Waals surface area contributed by atoms with E-state index in [-0.39, 0.29) is 0 Å². The molecule has 2 heteroatoms. The van der Waals surface area contributed by atoms with Crippen LogP contribution in [0, 0.1) is 5.92 Å². The Morgan fingerprint density at radius 1 is 1.07 bits per heavy atom. The maximum atomic E-state index is 3.74. The minimum absolute atomic E-state index is 0.810. The molecular weight excluding hydrogens is 184 g/mol. The summed E-state index contributed by atoms with van der Waals surface area (Å²) in [5.74, 6) is 1.11. The summed E-state index contributed by atoms with van der Waals surface area (Å²) in [6.45, 7) is 3.94. The summed E-state index contributed by atoms with van der Waals surface area (Å²) in [6, 6.07) is 1.79. The first-order valence-corrected chi connectivity index (χ1v) is 6.89. The number of rotatable bonds is 6. The van der Waals surface area contributed by atoms with Crippen molar-refractivity contribution in [3.63, 3.8) is 0 Å². The average molecular weight is 208 g/mol. The fourth-order valence-corrected chi connectivity index (χ4v) is 2.83. The zero-order valence-corrected chi connectivity index (χ0v) is 9.75. The molecular formula is C13H24N2. The normalized spacial score (nSPS) is 32.4. The second kappa shape index (κ2) is 4.42. The number of nitrogens with zero attached hydrogens (tertiary/aromatic N) is 1. The molecule has 0 amide bonds. The molecule has 3 fully saturated rings. The van der Waals surface area contributed by atoms with Crippen molar-refractivity contribution >= 4 is 0 Å². The van der Waals surface area contributed by atoms with Gasteiger partial charge in [0, 0.05) is 25.2 Å². The first kappa shape index (κ1) is 10.1. The van der Waals surface area contributed by atoms with Gasteiger partial charge < -0.3 is 5.32 Å². The molecule has 1 heterocycles. The van der Waals surface area contributed by atoms with Gasteiger partial charge in [0.05, 0.1) is 0 Å². The lowest BCUT2D eigenvalue weighted by Gasteiger charge is -2.15. The summed E-state index contributed by atoms with van der Waals surface area (Å²) in [7, 11) is 0. The SMILES string of the molecule is C(CNC1CCN(C2CC2)C1)CC1CC1. The molecule has 0 aromatic heterocycles. The molecule has 1 saturated heterocycles. The molecule has 1 aliphatic heterocycles. The van der Waals surface area contributed by atoms with Crippen LogP contribution in [0.4, 0.5) is 0 Å². The molecule has 2 saturated carbocycles. The zero-order valence-electron chi connectivity index (χ0n) is 9.75. The van der Waals surface area contributed by atoms with E-state index in [1.807, 2.05) is 0 Å². The Kier molecular flexibility index (Phi) is 2.98. The third-order valence-corrected chi connectivity index (χ3v) is 4.20. The highest BCUT2D eigenvalue weighted by atomic mass is 15.2. The molecule has 1 atom stereocenters. The van der Waals surface area contributed by atoms with Crippen LogP contribution in [-0.2, 0) is 0 Å². The summed E-state index contributed by atoms with van der Waals surface area (Å²) in [4.78, 5) is 2.69. The Bertz CT molecular complexity index is 209. The molecule has 0 radical (unpaired) electrons. The van der Waals surface area contributed by atoms with Crippen molar-refractivity contribution in [2.45, 2.75) is 57.0 Å². The summed E-state index contributed by atoms with van der Waals surface area (Å²) >= 11 is 0. The van der Waals surface area contributed by atoms with Crippen LogP contribution < -0.4 is 5.32 Å². The second-order valence-electron chi connectivity index (χ2n) is 5.75. The molecule has 0 aromatic rings. The molecule has 15 heavy (non-hydrogen) atoms. The van der Waals surface area contributed by atoms with Crippen LogP contribution in [0.25, 0.3) is 0 Å². The minimum Gasteiger partial charge on any atom is -0.313 e. The maximum Gasteiger partial charge on any atom is 0.0207 e. The van der Waals surface area contributed by atoms with Crippen molar-refractivity contribution in [3.05, 3.63) is 0 Å². The zero-order chi connectivity index (χ0) is 10.1. The Morgan fingerprint density at radius 3 is 2.67 bits per heavy atom. The Morgan fingerprint density at radius 2 is 1.93 bits per heavy atom. The first-order valence-electron chi connectivity index (χ1n) is 6.89. The molecule has 86 valence electrons. The van der Waals surface area contributed by atoms with Gasteiger partial charge in [-0.1, -0.05) is 12.8 Å². The Labute approximate surface area is 93.4 Å². The largest absolute Gasteiger partial charge is 0.313 e. The van der Waals surface area contributed by atoms with E-state index in [2.05, 4.69) is 10.2 Å². The number of likely N-dealkylation sites (tertiary alicyclic amines) is 1. The smallest absolute Gasteiger partial charge is 0.0207 e. The van der Waals surface area contributed by atoms with Crippen LogP contribution in [0.3, 0.4) is 0 Å². The van der Waals surface area contributed by atoms with E-state index in [4.69, 9.17) is 0 Å². The summed E-state index contributed by atoms with van der Waals surface area (Å²) in [5.41, 5.74) is 0. The van der Waals surface area contributed by atoms with E-state index in [1.165, 1.54) is 64.6 Å². The lowest BCUT2D eigenvalue weighted by molar-refractivity contribution is 0.317. The average Bonchev–Trinajstić information content (AvgIpc) is 3.14. The van der Waals surface area contributed by atoms with Crippen molar-refractivity contribution in [2.24, 2.45) is 5.92 Å². The molecule has 1 N–H and O–H groups in total. The molecule has 2 nitrogen and oxygen atoms in total. The monoisotopic (exact) mass is 208 g/mol. The maximum absolute atomic E-state index is 3.74. The van der Waals surface area contributed by atoms with Gasteiger partial charge in [-0.25, -0.2) is 0 Å². The van der Waals surface area contributed by atoms with Crippen molar-refractivity contribution < 1.29 is 0 Å². The second-order valence-corrected chi connectivity index (χ2v) is 5.75. The van der Waals surface area contributed by atoms with E-state index in [1.54, 1.807) is 0 Å². The highest BCUT2D eigenvalue weighted by Crippen LogP contribution is 2.33. The van der Waals surface area contributed by atoms with Gasteiger partial charge >= 0.3 is 0 Å². The van der Waals surface area contributed by atoms with Crippen molar-refractivity contribution in [2.75, 3.05) is 19.6 Å². The number of hydrogen-bond acceptors (Lipinski definition) is 2. The standard InChI is InChI=1S/C13H24N2/c1(2-11-3-4-11)8-14-12-7-9-15(10-12)13-5-6-13/h11-14H,1-10H2. The predicted octanol–water partition coefficient (Wildman–Crippen LogP) is 2.00. The first-order chi connectivity index (χ1) is 7.42. The topological polar surface area (TPSA) is 15.3 Å². The number of nitrogens with one attached hydrogen (secondary N) is 1. The van der Waals surface area contributed by atoms with Crippen molar-refractivity contribution in [1.29, 1.82) is 0 Å². The highest BCUT2D eigenvalue weighted by Gasteiger charge is 2.33. The number of hydrogen-bond donors (Lipinski definition) is 1. The molecule has 3 aliphatic rings. The minimum atomic E-state index is 0.810. The quantitative estimate of drug-likeness (QED) is 0.672. The lowest BCUT2D eigenvalue weighted by Crippen LogP contribution is -2.33. The third kappa shape index (κ3) is 2.94. The fraction of sp³-hybridized carbons (Fsp3) is 1.00. The van der Waals surface area contributed by atoms with Crippen molar-refractivity contribution in [1.82, 2.24) is 10.2 Å². The van der Waals surface area contributed by atoms with Crippen LogP contribution in [0.1, 0.15) is 44.9 Å². The van der Waals surface area contributed by atoms with Gasteiger partial charge in [0.15, 0.2) is 0 Å². The van der Waals surface area contributed by atoms with Crippen LogP contribution in [0.15, 0.2) is 0 Å². The lowest BCUT2D eigenvalue weighted by atomic mass is 10.2. The van der Waals surface area contributed by atoms with Crippen LogP contribution in [0.5, 0.6) is 0 Å². The van der Waals surface area contributed by atoms with E-state index in [0.717, 1.165) is 18.0 Å². The molecule has 3 rings (SSSR count). The summed E-state index contributed by atoms with van der Waals surface area (Å²) < 4.78 is 0. The molecule has 2 aliphatic carbocycles. The fourth-order valence-electron chi connectivity index (χ4n) is 2.83. The molecule has 0 bridgehead atoms. The van der Waals surface area contributed by atoms with Crippen molar-refractivity contribution in [3.8, 4) is 0 Å². The van der Waals surface area contributed by atoms with Crippen LogP contribution in [0.2, 0.25) is 0 Å². The molecule has 1 unspecified atom stereocenters. The van der Waals surface area contributed by atoms with Crippen LogP contribution in [-0.4, -0.2) is 36.6 Å².